The molecule has 0 fully saturated rings. The molecule has 1 heterocycles. The average Bonchev–Trinajstić information content (AvgIpc) is 2.68. The van der Waals surface area contributed by atoms with E-state index in [1.54, 1.807) is 11.8 Å². The number of hydrogen-bond acceptors (Lipinski definition) is 3. The van der Waals surface area contributed by atoms with Crippen molar-refractivity contribution >= 4 is 32.7 Å². The van der Waals surface area contributed by atoms with Crippen LogP contribution in [0, 0.1) is 11.3 Å². The highest BCUT2D eigenvalue weighted by Gasteiger charge is 2.19. The highest BCUT2D eigenvalue weighted by molar-refractivity contribution is 9.10. The first-order chi connectivity index (χ1) is 7.29. The second kappa shape index (κ2) is 4.82. The van der Waals surface area contributed by atoms with Gasteiger partial charge in [0.2, 0.25) is 0 Å². The maximum atomic E-state index is 8.57. The van der Waals surface area contributed by atoms with Crippen LogP contribution in [0.5, 0.6) is 0 Å². The molecule has 2 nitrogen and oxygen atoms in total. The summed E-state index contributed by atoms with van der Waals surface area (Å²) in [5.41, 5.74) is 1.22. The zero-order chi connectivity index (χ0) is 10.7. The van der Waals surface area contributed by atoms with Crippen molar-refractivity contribution in [2.75, 3.05) is 5.75 Å². The summed E-state index contributed by atoms with van der Waals surface area (Å²) in [7, 11) is 0. The Labute approximate surface area is 102 Å². The molecular formula is C11H9BrN2S. The SMILES string of the molecule is N#CCC1=NC(c2ccc(Br)cc2)CS1. The minimum Gasteiger partial charge on any atom is -0.273 e. The fourth-order valence-electron chi connectivity index (χ4n) is 1.44. The van der Waals surface area contributed by atoms with Gasteiger partial charge < -0.3 is 0 Å². The lowest BCUT2D eigenvalue weighted by Gasteiger charge is -2.05. The summed E-state index contributed by atoms with van der Waals surface area (Å²) in [6.07, 6.45) is 0.442. The van der Waals surface area contributed by atoms with Gasteiger partial charge in [-0.15, -0.1) is 11.8 Å². The van der Waals surface area contributed by atoms with E-state index in [0.29, 0.717) is 6.42 Å². The Kier molecular flexibility index (Phi) is 3.45. The average molecular weight is 281 g/mol. The van der Waals surface area contributed by atoms with E-state index in [4.69, 9.17) is 5.26 Å². The second-order valence-corrected chi connectivity index (χ2v) is 5.25. The van der Waals surface area contributed by atoms with E-state index >= 15 is 0 Å². The third-order valence-corrected chi connectivity index (χ3v) is 3.79. The lowest BCUT2D eigenvalue weighted by atomic mass is 10.1. The van der Waals surface area contributed by atoms with E-state index in [-0.39, 0.29) is 6.04 Å². The smallest absolute Gasteiger partial charge is 0.0853 e. The van der Waals surface area contributed by atoms with Gasteiger partial charge in [-0.25, -0.2) is 0 Å². The Morgan fingerprint density at radius 1 is 1.47 bits per heavy atom. The van der Waals surface area contributed by atoms with Crippen molar-refractivity contribution < 1.29 is 0 Å². The maximum absolute atomic E-state index is 8.57. The van der Waals surface area contributed by atoms with Gasteiger partial charge in [-0.2, -0.15) is 5.26 Å². The quantitative estimate of drug-likeness (QED) is 0.831. The summed E-state index contributed by atoms with van der Waals surface area (Å²) < 4.78 is 1.08. The van der Waals surface area contributed by atoms with Crippen LogP contribution in [-0.4, -0.2) is 10.8 Å². The predicted molar refractivity (Wildman–Crippen MR) is 67.0 cm³/mol. The molecule has 0 aliphatic carbocycles. The van der Waals surface area contributed by atoms with Gasteiger partial charge in [0.15, 0.2) is 0 Å². The van der Waals surface area contributed by atoms with Crippen LogP contribution in [0.2, 0.25) is 0 Å². The van der Waals surface area contributed by atoms with Gasteiger partial charge in [-0.1, -0.05) is 28.1 Å². The third-order valence-electron chi connectivity index (χ3n) is 2.19. The van der Waals surface area contributed by atoms with Crippen molar-refractivity contribution in [3.8, 4) is 6.07 Å². The number of nitrogens with zero attached hydrogens (tertiary/aromatic N) is 2. The largest absolute Gasteiger partial charge is 0.273 e. The minimum atomic E-state index is 0.228. The number of nitriles is 1. The van der Waals surface area contributed by atoms with Crippen LogP contribution in [0.3, 0.4) is 0 Å². The first kappa shape index (κ1) is 10.7. The zero-order valence-electron chi connectivity index (χ0n) is 7.98. The van der Waals surface area contributed by atoms with Crippen molar-refractivity contribution in [1.29, 1.82) is 5.26 Å². The van der Waals surface area contributed by atoms with Gasteiger partial charge >= 0.3 is 0 Å². The van der Waals surface area contributed by atoms with Crippen molar-refractivity contribution in [1.82, 2.24) is 0 Å². The highest BCUT2D eigenvalue weighted by atomic mass is 79.9. The summed E-state index contributed by atoms with van der Waals surface area (Å²) in [6, 6.07) is 10.6. The summed E-state index contributed by atoms with van der Waals surface area (Å²) in [5.74, 6) is 0.957. The number of aliphatic imine (C=N–C) groups is 1. The molecule has 1 aliphatic rings. The molecule has 4 heteroatoms. The number of thioether (sulfide) groups is 1. The van der Waals surface area contributed by atoms with Crippen molar-refractivity contribution in [3.05, 3.63) is 34.3 Å². The second-order valence-electron chi connectivity index (χ2n) is 3.24. The fraction of sp³-hybridized carbons (Fsp3) is 0.273. The summed E-state index contributed by atoms with van der Waals surface area (Å²) in [4.78, 5) is 4.52. The minimum absolute atomic E-state index is 0.228. The van der Waals surface area contributed by atoms with E-state index in [2.05, 4.69) is 39.1 Å². The molecule has 15 heavy (non-hydrogen) atoms. The van der Waals surface area contributed by atoms with E-state index in [0.717, 1.165) is 15.3 Å². The van der Waals surface area contributed by atoms with E-state index < -0.39 is 0 Å². The Bertz CT molecular complexity index is 419. The van der Waals surface area contributed by atoms with Gasteiger partial charge in [0.05, 0.1) is 23.6 Å². The molecule has 0 aromatic heterocycles. The number of rotatable bonds is 2. The molecule has 0 saturated carbocycles. The first-order valence-corrected chi connectivity index (χ1v) is 6.39. The number of hydrogen-bond donors (Lipinski definition) is 0. The van der Waals surface area contributed by atoms with Crippen molar-refractivity contribution in [3.63, 3.8) is 0 Å². The predicted octanol–water partition coefficient (Wildman–Crippen LogP) is 3.55. The van der Waals surface area contributed by atoms with Crippen molar-refractivity contribution in [2.24, 2.45) is 4.99 Å². The molecule has 0 radical (unpaired) electrons. The molecule has 0 spiro atoms. The Morgan fingerprint density at radius 2 is 2.20 bits per heavy atom. The number of halogens is 1. The molecule has 1 aromatic rings. The molecule has 1 unspecified atom stereocenters. The van der Waals surface area contributed by atoms with Crippen LogP contribution in [-0.2, 0) is 0 Å². The fourth-order valence-corrected chi connectivity index (χ4v) is 2.69. The van der Waals surface area contributed by atoms with Crippen LogP contribution in [0.15, 0.2) is 33.7 Å². The number of benzene rings is 1. The van der Waals surface area contributed by atoms with Crippen LogP contribution in [0.1, 0.15) is 18.0 Å². The van der Waals surface area contributed by atoms with E-state index in [1.165, 1.54) is 5.56 Å². The molecule has 1 aliphatic heterocycles. The Morgan fingerprint density at radius 3 is 2.87 bits per heavy atom. The van der Waals surface area contributed by atoms with E-state index in [1.807, 2.05) is 12.1 Å². The van der Waals surface area contributed by atoms with E-state index in [9.17, 15) is 0 Å². The van der Waals surface area contributed by atoms with Gasteiger partial charge in [-0.3, -0.25) is 4.99 Å². The lowest BCUT2D eigenvalue weighted by molar-refractivity contribution is 0.847. The molecule has 0 N–H and O–H groups in total. The third kappa shape index (κ3) is 2.61. The van der Waals surface area contributed by atoms with Gasteiger partial charge in [0.25, 0.3) is 0 Å². The maximum Gasteiger partial charge on any atom is 0.0853 e. The molecule has 2 rings (SSSR count). The molecule has 0 amide bonds. The topological polar surface area (TPSA) is 36.1 Å². The molecular weight excluding hydrogens is 272 g/mol. The molecule has 76 valence electrons. The molecule has 1 atom stereocenters. The highest BCUT2D eigenvalue weighted by Crippen LogP contribution is 2.31. The molecule has 1 aromatic carbocycles. The lowest BCUT2D eigenvalue weighted by Crippen LogP contribution is -1.93. The van der Waals surface area contributed by atoms with Gasteiger partial charge in [-0.05, 0) is 17.7 Å². The molecule has 0 bridgehead atoms. The van der Waals surface area contributed by atoms with Crippen LogP contribution >= 0.6 is 27.7 Å². The summed E-state index contributed by atoms with van der Waals surface area (Å²) in [6.45, 7) is 0. The van der Waals surface area contributed by atoms with Crippen LogP contribution in [0.4, 0.5) is 0 Å². The normalized spacial score (nSPS) is 19.7. The van der Waals surface area contributed by atoms with Crippen LogP contribution in [0.25, 0.3) is 0 Å². The summed E-state index contributed by atoms with van der Waals surface area (Å²) >= 11 is 5.10. The monoisotopic (exact) mass is 280 g/mol. The Hall–Kier alpha value is -0.790. The van der Waals surface area contributed by atoms with Gasteiger partial charge in [0, 0.05) is 10.2 Å². The first-order valence-electron chi connectivity index (χ1n) is 4.61. The zero-order valence-corrected chi connectivity index (χ0v) is 10.4. The summed E-state index contributed by atoms with van der Waals surface area (Å²) in [5, 5.41) is 9.53. The Balaban J connectivity index is 2.14. The molecule has 0 saturated heterocycles. The van der Waals surface area contributed by atoms with Gasteiger partial charge in [0.1, 0.15) is 0 Å². The van der Waals surface area contributed by atoms with Crippen molar-refractivity contribution in [2.45, 2.75) is 12.5 Å². The standard InChI is InChI=1S/C11H9BrN2S/c12-9-3-1-8(2-4-9)10-7-15-11(14-10)5-6-13/h1-4,10H,5,7H2. The van der Waals surface area contributed by atoms with Crippen LogP contribution < -0.4 is 0 Å².